The summed E-state index contributed by atoms with van der Waals surface area (Å²) in [5, 5.41) is 8.19. The highest BCUT2D eigenvalue weighted by molar-refractivity contribution is 7.20. The fraction of sp³-hybridized carbons (Fsp3) is 0. The zero-order valence-electron chi connectivity index (χ0n) is 31.3. The molecule has 58 heavy (non-hydrogen) atoms. The van der Waals surface area contributed by atoms with Gasteiger partial charge in [-0.3, -0.25) is 0 Å². The molecule has 11 rings (SSSR count). The molecule has 8 aromatic carbocycles. The Morgan fingerprint density at radius 3 is 1.98 bits per heavy atom. The van der Waals surface area contributed by atoms with Gasteiger partial charge >= 0.3 is 0 Å². The Bertz CT molecular complexity index is 3430. The lowest BCUT2D eigenvalue weighted by Crippen LogP contribution is -2.01. The molecule has 0 aliphatic rings. The number of hydrogen-bond acceptors (Lipinski definition) is 5. The molecular weight excluding hydrogens is 727 g/mol. The van der Waals surface area contributed by atoms with Crippen molar-refractivity contribution in [3.05, 3.63) is 193 Å². The molecule has 0 amide bonds. The highest BCUT2D eigenvalue weighted by Crippen LogP contribution is 2.43. The molecule has 3 heterocycles. The number of hydrogen-bond donors (Lipinski definition) is 0. The summed E-state index contributed by atoms with van der Waals surface area (Å²) in [6, 6.07) is 59.6. The average molecular weight is 760 g/mol. The summed E-state index contributed by atoms with van der Waals surface area (Å²) in [7, 11) is 0. The minimum Gasteiger partial charge on any atom is -0.456 e. The summed E-state index contributed by atoms with van der Waals surface area (Å²) in [6.07, 6.45) is 5.84. The van der Waals surface area contributed by atoms with Crippen LogP contribution in [0.4, 0.5) is 0 Å². The van der Waals surface area contributed by atoms with E-state index in [4.69, 9.17) is 19.4 Å². The van der Waals surface area contributed by atoms with E-state index in [1.807, 2.05) is 36.4 Å². The number of thiophene rings is 1. The molecule has 0 radical (unpaired) electrons. The van der Waals surface area contributed by atoms with E-state index in [0.29, 0.717) is 17.5 Å². The number of rotatable bonds is 7. The minimum atomic E-state index is 0.605. The van der Waals surface area contributed by atoms with Gasteiger partial charge in [-0.15, -0.1) is 11.3 Å². The van der Waals surface area contributed by atoms with Gasteiger partial charge in [-0.1, -0.05) is 152 Å². The summed E-state index contributed by atoms with van der Waals surface area (Å²) < 4.78 is 7.70. The lowest BCUT2D eigenvalue weighted by molar-refractivity contribution is 0.669. The number of furan rings is 1. The van der Waals surface area contributed by atoms with Crippen LogP contribution in [-0.2, 0) is 0 Å². The molecule has 0 aliphatic carbocycles. The zero-order chi connectivity index (χ0) is 38.6. The van der Waals surface area contributed by atoms with E-state index in [1.54, 1.807) is 17.4 Å². The lowest BCUT2D eigenvalue weighted by atomic mass is 9.91. The predicted molar refractivity (Wildman–Crippen MR) is 244 cm³/mol. The second kappa shape index (κ2) is 13.9. The first-order valence-corrected chi connectivity index (χ1v) is 20.1. The maximum absolute atomic E-state index is 6.58. The van der Waals surface area contributed by atoms with Gasteiger partial charge in [0.15, 0.2) is 17.5 Å². The van der Waals surface area contributed by atoms with Crippen LogP contribution in [0.25, 0.3) is 116 Å². The number of fused-ring (bicyclic) bond motifs is 7. The second-order valence-corrected chi connectivity index (χ2v) is 15.5. The van der Waals surface area contributed by atoms with E-state index in [2.05, 4.69) is 152 Å². The first-order valence-electron chi connectivity index (χ1n) is 19.3. The molecule has 11 aromatic rings. The fourth-order valence-electron chi connectivity index (χ4n) is 8.26. The van der Waals surface area contributed by atoms with Gasteiger partial charge in [0.05, 0.1) is 0 Å². The van der Waals surface area contributed by atoms with Gasteiger partial charge in [0, 0.05) is 37.0 Å². The van der Waals surface area contributed by atoms with Crippen LogP contribution in [-0.4, -0.2) is 15.0 Å². The third-order valence-corrected chi connectivity index (χ3v) is 12.0. The van der Waals surface area contributed by atoms with Gasteiger partial charge in [0.1, 0.15) is 11.2 Å². The quantitative estimate of drug-likeness (QED) is 0.120. The van der Waals surface area contributed by atoms with Crippen LogP contribution in [0.15, 0.2) is 193 Å². The molecule has 4 nitrogen and oxygen atoms in total. The Hall–Kier alpha value is -7.47. The highest BCUT2D eigenvalue weighted by atomic mass is 32.1. The van der Waals surface area contributed by atoms with Crippen molar-refractivity contribution in [3.63, 3.8) is 0 Å². The zero-order valence-corrected chi connectivity index (χ0v) is 32.1. The molecule has 272 valence electrons. The molecule has 0 unspecified atom stereocenters. The Morgan fingerprint density at radius 1 is 0.448 bits per heavy atom. The van der Waals surface area contributed by atoms with Gasteiger partial charge in [0.2, 0.25) is 0 Å². The highest BCUT2D eigenvalue weighted by Gasteiger charge is 2.21. The fourth-order valence-corrected chi connectivity index (χ4v) is 9.34. The number of nitrogens with zero attached hydrogens (tertiary/aromatic N) is 3. The van der Waals surface area contributed by atoms with Crippen LogP contribution in [0, 0.1) is 0 Å². The van der Waals surface area contributed by atoms with Gasteiger partial charge in [-0.2, -0.15) is 0 Å². The van der Waals surface area contributed by atoms with Crippen LogP contribution in [0.1, 0.15) is 4.88 Å². The monoisotopic (exact) mass is 759 g/mol. The molecule has 0 aliphatic heterocycles. The maximum Gasteiger partial charge on any atom is 0.165 e. The standard InChI is InChI=1S/C53H33N3OS/c1-2-3-19-37-30-36-18-13-26-44(50(36)58-37)53-55-51(33-15-5-4-6-16-33)54-52(56-53)43-24-12-11-23-41(43)42-25-14-27-48-49(42)46-32-35(28-29-47(46)57-48)45-31-34-17-7-8-20-38(34)39-21-9-10-22-40(39)45/h2-32H,1H2/b19-3-. The van der Waals surface area contributed by atoms with Crippen molar-refractivity contribution in [2.75, 3.05) is 0 Å². The largest absolute Gasteiger partial charge is 0.456 e. The summed E-state index contributed by atoms with van der Waals surface area (Å²) in [4.78, 5) is 16.7. The van der Waals surface area contributed by atoms with Crippen molar-refractivity contribution in [1.29, 1.82) is 0 Å². The first kappa shape index (κ1) is 33.8. The second-order valence-electron chi connectivity index (χ2n) is 14.4. The first-order chi connectivity index (χ1) is 28.7. The Labute approximate surface area is 338 Å². The van der Waals surface area contributed by atoms with E-state index < -0.39 is 0 Å². The summed E-state index contributed by atoms with van der Waals surface area (Å²) in [6.45, 7) is 3.85. The van der Waals surface area contributed by atoms with Crippen LogP contribution in [0.3, 0.4) is 0 Å². The molecule has 5 heteroatoms. The Balaban J connectivity index is 1.12. The van der Waals surface area contributed by atoms with Crippen molar-refractivity contribution in [1.82, 2.24) is 15.0 Å². The summed E-state index contributed by atoms with van der Waals surface area (Å²) >= 11 is 1.72. The predicted octanol–water partition coefficient (Wildman–Crippen LogP) is 14.8. The van der Waals surface area contributed by atoms with Crippen LogP contribution in [0.5, 0.6) is 0 Å². The van der Waals surface area contributed by atoms with Crippen molar-refractivity contribution in [2.45, 2.75) is 0 Å². The number of benzene rings is 8. The van der Waals surface area contributed by atoms with Gasteiger partial charge < -0.3 is 4.42 Å². The number of aromatic nitrogens is 3. The van der Waals surface area contributed by atoms with E-state index in [9.17, 15) is 0 Å². The smallest absolute Gasteiger partial charge is 0.165 e. The molecule has 0 bridgehead atoms. The van der Waals surface area contributed by atoms with Crippen molar-refractivity contribution in [2.24, 2.45) is 0 Å². The third-order valence-electron chi connectivity index (χ3n) is 10.9. The van der Waals surface area contributed by atoms with Crippen molar-refractivity contribution in [3.8, 4) is 56.4 Å². The molecule has 3 aromatic heterocycles. The van der Waals surface area contributed by atoms with E-state index in [-0.39, 0.29) is 0 Å². The van der Waals surface area contributed by atoms with Crippen molar-refractivity contribution >= 4 is 71.0 Å². The Morgan fingerprint density at radius 2 is 1.12 bits per heavy atom. The molecule has 0 saturated carbocycles. The van der Waals surface area contributed by atoms with E-state index in [0.717, 1.165) is 70.3 Å². The summed E-state index contributed by atoms with van der Waals surface area (Å²) in [5.74, 6) is 1.85. The van der Waals surface area contributed by atoms with Crippen LogP contribution >= 0.6 is 11.3 Å². The molecular formula is C53H33N3OS. The minimum absolute atomic E-state index is 0.605. The Kier molecular flexibility index (Phi) is 8.12. The lowest BCUT2D eigenvalue weighted by Gasteiger charge is -2.13. The SMILES string of the molecule is C=C/C=C\c1cc2cccc(-c3nc(-c4ccccc4)nc(-c4ccccc4-c4cccc5oc6ccc(-c7cc8ccccc8c8ccccc78)cc6c45)n3)c2s1. The molecule has 0 saturated heterocycles. The molecule has 0 atom stereocenters. The molecule has 0 fully saturated rings. The third kappa shape index (κ3) is 5.71. The molecule has 0 spiro atoms. The topological polar surface area (TPSA) is 51.8 Å². The van der Waals surface area contributed by atoms with E-state index in [1.165, 1.54) is 27.1 Å². The van der Waals surface area contributed by atoms with Crippen LogP contribution < -0.4 is 0 Å². The maximum atomic E-state index is 6.58. The van der Waals surface area contributed by atoms with Gasteiger partial charge in [-0.25, -0.2) is 15.0 Å². The number of allylic oxidation sites excluding steroid dienone is 2. The van der Waals surface area contributed by atoms with E-state index >= 15 is 0 Å². The normalized spacial score (nSPS) is 11.8. The summed E-state index contributed by atoms with van der Waals surface area (Å²) in [5.41, 5.74) is 8.87. The van der Waals surface area contributed by atoms with Crippen LogP contribution in [0.2, 0.25) is 0 Å². The van der Waals surface area contributed by atoms with Crippen molar-refractivity contribution < 1.29 is 4.42 Å². The van der Waals surface area contributed by atoms with Gasteiger partial charge in [-0.05, 0) is 91.7 Å². The average Bonchev–Trinajstić information content (AvgIpc) is 3.89. The van der Waals surface area contributed by atoms with Gasteiger partial charge in [0.25, 0.3) is 0 Å². The molecule has 0 N–H and O–H groups in total.